The predicted octanol–water partition coefficient (Wildman–Crippen LogP) is 0.982. The molecule has 0 radical (unpaired) electrons. The summed E-state index contributed by atoms with van der Waals surface area (Å²) in [6.45, 7) is 2.37. The van der Waals surface area contributed by atoms with Gasteiger partial charge in [0.2, 0.25) is 0 Å². The van der Waals surface area contributed by atoms with Gasteiger partial charge in [0.05, 0.1) is 21.7 Å². The van der Waals surface area contributed by atoms with E-state index in [0.29, 0.717) is 26.2 Å². The Bertz CT molecular complexity index is 1070. The van der Waals surface area contributed by atoms with E-state index < -0.39 is 42.5 Å². The lowest BCUT2D eigenvalue weighted by molar-refractivity contribution is 0.201. The van der Waals surface area contributed by atoms with E-state index in [4.69, 9.17) is 0 Å². The lowest BCUT2D eigenvalue weighted by Crippen LogP contribution is -2.55. The number of hydrogen-bond donors (Lipinski definition) is 0. The van der Waals surface area contributed by atoms with E-state index in [0.717, 1.165) is 18.0 Å². The summed E-state index contributed by atoms with van der Waals surface area (Å²) in [5.41, 5.74) is 0. The summed E-state index contributed by atoms with van der Waals surface area (Å²) in [4.78, 5) is 8.35. The normalized spacial score (nSPS) is 25.2. The maximum Gasteiger partial charge on any atom is 0.183 e. The highest BCUT2D eigenvalue weighted by molar-refractivity contribution is 7.96. The van der Waals surface area contributed by atoms with Gasteiger partial charge in [0.25, 0.3) is 0 Å². The molecular weight excluding hydrogens is 417 g/mol. The third-order valence-corrected chi connectivity index (χ3v) is 9.70. The second-order valence-corrected chi connectivity index (χ2v) is 11.7. The van der Waals surface area contributed by atoms with Gasteiger partial charge in [0.1, 0.15) is 11.6 Å². The van der Waals surface area contributed by atoms with Crippen molar-refractivity contribution in [3.05, 3.63) is 54.5 Å². The zero-order valence-corrected chi connectivity index (χ0v) is 17.3. The first-order valence-corrected chi connectivity index (χ1v) is 12.7. The first kappa shape index (κ1) is 20.2. The Morgan fingerprint density at radius 3 is 2.28 bits per heavy atom. The van der Waals surface area contributed by atoms with Crippen LogP contribution >= 0.6 is 0 Å². The minimum Gasteiger partial charge on any atom is -0.354 e. The molecule has 2 aromatic rings. The molecular formula is C19H22FN3O4S2. The van der Waals surface area contributed by atoms with Gasteiger partial charge in [0.15, 0.2) is 19.7 Å². The van der Waals surface area contributed by atoms with Gasteiger partial charge in [0, 0.05) is 38.4 Å². The SMILES string of the molecule is O=S1(=O)CC(N2CCN(c3ccccn3)CC2)C(S(=O)(=O)c2ccc(F)cc2)C1. The van der Waals surface area contributed by atoms with Gasteiger partial charge in [-0.3, -0.25) is 4.90 Å². The summed E-state index contributed by atoms with van der Waals surface area (Å²) in [5.74, 6) is -0.272. The average Bonchev–Trinajstić information content (AvgIpc) is 3.05. The van der Waals surface area contributed by atoms with Crippen LogP contribution < -0.4 is 4.90 Å². The molecule has 2 aliphatic heterocycles. The van der Waals surface area contributed by atoms with Crippen LogP contribution in [0, 0.1) is 5.82 Å². The fourth-order valence-corrected chi connectivity index (χ4v) is 8.89. The summed E-state index contributed by atoms with van der Waals surface area (Å²) >= 11 is 0. The van der Waals surface area contributed by atoms with E-state index in [1.807, 2.05) is 23.1 Å². The lowest BCUT2D eigenvalue weighted by Gasteiger charge is -2.39. The van der Waals surface area contributed by atoms with Crippen LogP contribution in [-0.4, -0.2) is 75.7 Å². The molecule has 156 valence electrons. The highest BCUT2D eigenvalue weighted by Gasteiger charge is 2.48. The molecule has 10 heteroatoms. The van der Waals surface area contributed by atoms with Crippen LogP contribution in [0.25, 0.3) is 0 Å². The van der Waals surface area contributed by atoms with Gasteiger partial charge in [-0.05, 0) is 36.4 Å². The third-order valence-electron chi connectivity index (χ3n) is 5.57. The summed E-state index contributed by atoms with van der Waals surface area (Å²) in [7, 11) is -7.38. The molecule has 0 saturated carbocycles. The molecule has 0 bridgehead atoms. The largest absolute Gasteiger partial charge is 0.354 e. The van der Waals surface area contributed by atoms with Crippen molar-refractivity contribution < 1.29 is 21.2 Å². The summed E-state index contributed by atoms with van der Waals surface area (Å²) in [6, 6.07) is 9.61. The molecule has 0 N–H and O–H groups in total. The molecule has 4 rings (SSSR count). The lowest BCUT2D eigenvalue weighted by atomic mass is 10.2. The quantitative estimate of drug-likeness (QED) is 0.657. The Hall–Kier alpha value is -2.04. The molecule has 1 aromatic carbocycles. The number of hydrogen-bond acceptors (Lipinski definition) is 7. The number of nitrogens with zero attached hydrogens (tertiary/aromatic N) is 3. The Kier molecular flexibility index (Phi) is 5.34. The maximum absolute atomic E-state index is 13.2. The Morgan fingerprint density at radius 1 is 0.966 bits per heavy atom. The standard InChI is InChI=1S/C19H22FN3O4S2/c20-15-4-6-16(7-5-15)29(26,27)18-14-28(24,25)13-17(18)22-9-11-23(12-10-22)19-3-1-2-8-21-19/h1-8,17-18H,9-14H2. The molecule has 2 aliphatic rings. The monoisotopic (exact) mass is 439 g/mol. The van der Waals surface area contributed by atoms with Crippen LogP contribution in [-0.2, 0) is 19.7 Å². The fraction of sp³-hybridized carbons (Fsp3) is 0.421. The van der Waals surface area contributed by atoms with E-state index in [9.17, 15) is 21.2 Å². The van der Waals surface area contributed by atoms with E-state index in [1.165, 1.54) is 12.1 Å². The van der Waals surface area contributed by atoms with Crippen LogP contribution in [0.1, 0.15) is 0 Å². The highest BCUT2D eigenvalue weighted by Crippen LogP contribution is 2.30. The number of pyridine rings is 1. The highest BCUT2D eigenvalue weighted by atomic mass is 32.2. The Balaban J connectivity index is 1.55. The average molecular weight is 440 g/mol. The summed E-state index contributed by atoms with van der Waals surface area (Å²) in [5, 5.41) is -1.06. The zero-order valence-electron chi connectivity index (χ0n) is 15.7. The molecule has 0 aliphatic carbocycles. The first-order chi connectivity index (χ1) is 13.8. The molecule has 3 heterocycles. The molecule has 2 unspecified atom stereocenters. The predicted molar refractivity (Wildman–Crippen MR) is 108 cm³/mol. The molecule has 2 fully saturated rings. The third kappa shape index (κ3) is 4.15. The molecule has 2 saturated heterocycles. The Labute approximate surface area is 170 Å². The van der Waals surface area contributed by atoms with Crippen LogP contribution in [0.2, 0.25) is 0 Å². The number of halogens is 1. The van der Waals surface area contributed by atoms with Crippen LogP contribution in [0.3, 0.4) is 0 Å². The van der Waals surface area contributed by atoms with Crippen molar-refractivity contribution in [3.8, 4) is 0 Å². The minimum absolute atomic E-state index is 0.0434. The van der Waals surface area contributed by atoms with Gasteiger partial charge in [-0.2, -0.15) is 0 Å². The number of sulfone groups is 2. The number of rotatable bonds is 4. The summed E-state index contributed by atoms with van der Waals surface area (Å²) < 4.78 is 64.2. The number of piperazine rings is 1. The number of anilines is 1. The van der Waals surface area contributed by atoms with Crippen molar-refractivity contribution in [3.63, 3.8) is 0 Å². The molecule has 2 atom stereocenters. The maximum atomic E-state index is 13.2. The van der Waals surface area contributed by atoms with Crippen LogP contribution in [0.5, 0.6) is 0 Å². The second-order valence-electron chi connectivity index (χ2n) is 7.39. The topological polar surface area (TPSA) is 87.7 Å². The minimum atomic E-state index is -3.90. The van der Waals surface area contributed by atoms with Gasteiger partial charge in [-0.1, -0.05) is 6.07 Å². The molecule has 7 nitrogen and oxygen atoms in total. The molecule has 0 amide bonds. The van der Waals surface area contributed by atoms with Crippen molar-refractivity contribution >= 4 is 25.5 Å². The van der Waals surface area contributed by atoms with Crippen molar-refractivity contribution in [2.24, 2.45) is 0 Å². The molecule has 0 spiro atoms. The van der Waals surface area contributed by atoms with Crippen molar-refractivity contribution in [2.75, 3.05) is 42.6 Å². The number of benzene rings is 1. The smallest absolute Gasteiger partial charge is 0.183 e. The van der Waals surface area contributed by atoms with E-state index in [1.54, 1.807) is 6.20 Å². The van der Waals surface area contributed by atoms with Crippen LogP contribution in [0.4, 0.5) is 10.2 Å². The van der Waals surface area contributed by atoms with E-state index in [-0.39, 0.29) is 10.6 Å². The first-order valence-electron chi connectivity index (χ1n) is 9.36. The van der Waals surface area contributed by atoms with E-state index >= 15 is 0 Å². The fourth-order valence-electron chi connectivity index (χ4n) is 4.06. The second kappa shape index (κ2) is 7.66. The van der Waals surface area contributed by atoms with Crippen molar-refractivity contribution in [1.29, 1.82) is 0 Å². The van der Waals surface area contributed by atoms with Crippen molar-refractivity contribution in [2.45, 2.75) is 16.2 Å². The van der Waals surface area contributed by atoms with Gasteiger partial charge >= 0.3 is 0 Å². The Morgan fingerprint density at radius 2 is 1.66 bits per heavy atom. The summed E-state index contributed by atoms with van der Waals surface area (Å²) in [6.07, 6.45) is 1.72. The zero-order chi connectivity index (χ0) is 20.6. The molecule has 1 aromatic heterocycles. The van der Waals surface area contributed by atoms with Crippen molar-refractivity contribution in [1.82, 2.24) is 9.88 Å². The molecule has 29 heavy (non-hydrogen) atoms. The van der Waals surface area contributed by atoms with E-state index in [2.05, 4.69) is 9.88 Å². The number of aromatic nitrogens is 1. The van der Waals surface area contributed by atoms with Gasteiger partial charge < -0.3 is 4.90 Å². The van der Waals surface area contributed by atoms with Gasteiger partial charge in [-0.15, -0.1) is 0 Å². The van der Waals surface area contributed by atoms with Gasteiger partial charge in [-0.25, -0.2) is 26.2 Å². The van der Waals surface area contributed by atoms with Crippen LogP contribution in [0.15, 0.2) is 53.6 Å².